The second kappa shape index (κ2) is 8.27. The van der Waals surface area contributed by atoms with E-state index in [1.54, 1.807) is 30.5 Å². The molecule has 0 saturated carbocycles. The van der Waals surface area contributed by atoms with Gasteiger partial charge >= 0.3 is 0 Å². The first-order valence-electron chi connectivity index (χ1n) is 8.41. The fourth-order valence-electron chi connectivity index (χ4n) is 2.70. The smallest absolute Gasteiger partial charge is 0.273 e. The number of amides is 1. The van der Waals surface area contributed by atoms with Gasteiger partial charge in [0.05, 0.1) is 12.8 Å². The number of aliphatic hydroxyl groups excluding tert-OH is 1. The van der Waals surface area contributed by atoms with Gasteiger partial charge in [0.2, 0.25) is 0 Å². The lowest BCUT2D eigenvalue weighted by Gasteiger charge is -2.11. The van der Waals surface area contributed by atoms with E-state index in [-0.39, 0.29) is 0 Å². The Kier molecular flexibility index (Phi) is 5.61. The van der Waals surface area contributed by atoms with E-state index in [1.165, 1.54) is 0 Å². The third kappa shape index (κ3) is 3.90. The Bertz CT molecular complexity index is 923. The van der Waals surface area contributed by atoms with Crippen molar-refractivity contribution in [3.05, 3.63) is 77.9 Å². The van der Waals surface area contributed by atoms with Gasteiger partial charge in [-0.25, -0.2) is 5.43 Å². The monoisotopic (exact) mass is 348 g/mol. The third-order valence-corrected chi connectivity index (χ3v) is 3.96. The number of ether oxygens (including phenoxy) is 1. The van der Waals surface area contributed by atoms with Crippen LogP contribution in [0.3, 0.4) is 0 Å². The van der Waals surface area contributed by atoms with E-state index in [1.807, 2.05) is 49.4 Å². The molecule has 0 bridgehead atoms. The minimum absolute atomic E-state index is 0.514. The molecule has 0 radical (unpaired) electrons. The van der Waals surface area contributed by atoms with Gasteiger partial charge in [0, 0.05) is 5.56 Å². The highest BCUT2D eigenvalue weighted by Gasteiger charge is 2.16. The molecule has 132 valence electrons. The van der Waals surface area contributed by atoms with Crippen molar-refractivity contribution >= 4 is 22.9 Å². The molecule has 3 rings (SSSR count). The molecule has 2 N–H and O–H groups in total. The quantitative estimate of drug-likeness (QED) is 0.530. The minimum Gasteiger partial charge on any atom is -0.493 e. The molecule has 3 aromatic rings. The average molecular weight is 348 g/mol. The van der Waals surface area contributed by atoms with Crippen LogP contribution in [0.4, 0.5) is 0 Å². The van der Waals surface area contributed by atoms with E-state index in [4.69, 9.17) is 4.74 Å². The highest BCUT2D eigenvalue weighted by atomic mass is 16.5. The van der Waals surface area contributed by atoms with Gasteiger partial charge in [-0.2, -0.15) is 5.10 Å². The average Bonchev–Trinajstić information content (AvgIpc) is 2.69. The maximum Gasteiger partial charge on any atom is 0.273 e. The van der Waals surface area contributed by atoms with Crippen LogP contribution in [0.2, 0.25) is 0 Å². The summed E-state index contributed by atoms with van der Waals surface area (Å²) in [5.74, 6) is 0.0958. The Morgan fingerprint density at radius 1 is 1.12 bits per heavy atom. The number of hydrogen-bond donors (Lipinski definition) is 2. The van der Waals surface area contributed by atoms with Gasteiger partial charge < -0.3 is 9.84 Å². The molecular formula is C21H20N2O3. The number of carbonyl (C=O) groups is 1. The third-order valence-electron chi connectivity index (χ3n) is 3.96. The lowest BCUT2D eigenvalue weighted by atomic mass is 10.0. The van der Waals surface area contributed by atoms with Crippen LogP contribution in [0.5, 0.6) is 5.75 Å². The van der Waals surface area contributed by atoms with Crippen LogP contribution in [0.1, 0.15) is 24.2 Å². The second-order valence-corrected chi connectivity index (χ2v) is 5.68. The largest absolute Gasteiger partial charge is 0.493 e. The fraction of sp³-hybridized carbons (Fsp3) is 0.143. The van der Waals surface area contributed by atoms with Gasteiger partial charge in [-0.05, 0) is 29.3 Å². The van der Waals surface area contributed by atoms with Crippen LogP contribution >= 0.6 is 0 Å². The molecule has 0 aliphatic rings. The molecule has 0 aromatic heterocycles. The summed E-state index contributed by atoms with van der Waals surface area (Å²) in [4.78, 5) is 12.1. The highest BCUT2D eigenvalue weighted by Crippen LogP contribution is 2.26. The maximum absolute atomic E-state index is 12.1. The standard InChI is InChI=1S/C21H20N2O3/c1-2-26-19-13-12-15-8-6-7-11-17(15)18(19)14-22-23-21(25)20(24)16-9-4-3-5-10-16/h3-14,20,24H,2H2,1H3,(H,23,25). The van der Waals surface area contributed by atoms with Crippen LogP contribution in [-0.4, -0.2) is 23.8 Å². The van der Waals surface area contributed by atoms with E-state index in [0.717, 1.165) is 16.3 Å². The molecule has 0 aliphatic heterocycles. The van der Waals surface area contributed by atoms with Crippen molar-refractivity contribution in [3.63, 3.8) is 0 Å². The summed E-state index contributed by atoms with van der Waals surface area (Å²) < 4.78 is 5.67. The predicted octanol–water partition coefficient (Wildman–Crippen LogP) is 3.42. The zero-order valence-corrected chi connectivity index (χ0v) is 14.4. The lowest BCUT2D eigenvalue weighted by Crippen LogP contribution is -2.25. The summed E-state index contributed by atoms with van der Waals surface area (Å²) in [6.45, 7) is 2.44. The molecule has 0 aliphatic carbocycles. The first kappa shape index (κ1) is 17.6. The Labute approximate surface area is 151 Å². The van der Waals surface area contributed by atoms with E-state index in [0.29, 0.717) is 17.9 Å². The van der Waals surface area contributed by atoms with Crippen LogP contribution < -0.4 is 10.2 Å². The van der Waals surface area contributed by atoms with E-state index in [9.17, 15) is 9.90 Å². The van der Waals surface area contributed by atoms with Crippen LogP contribution in [0, 0.1) is 0 Å². The number of fused-ring (bicyclic) bond motifs is 1. The Hall–Kier alpha value is -3.18. The molecule has 26 heavy (non-hydrogen) atoms. The topological polar surface area (TPSA) is 70.9 Å². The van der Waals surface area contributed by atoms with Gasteiger partial charge in [-0.3, -0.25) is 4.79 Å². The first-order chi connectivity index (χ1) is 12.7. The second-order valence-electron chi connectivity index (χ2n) is 5.68. The van der Waals surface area contributed by atoms with Crippen molar-refractivity contribution in [2.24, 2.45) is 5.10 Å². The van der Waals surface area contributed by atoms with Crippen molar-refractivity contribution in [3.8, 4) is 5.75 Å². The molecule has 1 unspecified atom stereocenters. The highest BCUT2D eigenvalue weighted by molar-refractivity contribution is 6.02. The van der Waals surface area contributed by atoms with Crippen LogP contribution in [0.15, 0.2) is 71.8 Å². The van der Waals surface area contributed by atoms with Crippen molar-refractivity contribution in [1.29, 1.82) is 0 Å². The summed E-state index contributed by atoms with van der Waals surface area (Å²) in [5.41, 5.74) is 3.68. The fourth-order valence-corrected chi connectivity index (χ4v) is 2.70. The molecule has 0 heterocycles. The molecule has 0 spiro atoms. The number of nitrogens with one attached hydrogen (secondary N) is 1. The van der Waals surface area contributed by atoms with Gasteiger partial charge in [0.1, 0.15) is 5.75 Å². The van der Waals surface area contributed by atoms with E-state index >= 15 is 0 Å². The number of hydrazone groups is 1. The summed E-state index contributed by atoms with van der Waals surface area (Å²) in [5, 5.41) is 16.1. The molecule has 5 nitrogen and oxygen atoms in total. The van der Waals surface area contributed by atoms with Crippen molar-refractivity contribution < 1.29 is 14.6 Å². The number of benzene rings is 3. The number of carbonyl (C=O) groups excluding carboxylic acids is 1. The van der Waals surface area contributed by atoms with E-state index in [2.05, 4.69) is 10.5 Å². The number of rotatable bonds is 6. The zero-order chi connectivity index (χ0) is 18.4. The van der Waals surface area contributed by atoms with Gasteiger partial charge in [0.25, 0.3) is 5.91 Å². The summed E-state index contributed by atoms with van der Waals surface area (Å²) in [6.07, 6.45) is 0.273. The molecule has 5 heteroatoms. The maximum atomic E-state index is 12.1. The molecule has 0 saturated heterocycles. The molecule has 3 aromatic carbocycles. The van der Waals surface area contributed by atoms with Gasteiger partial charge in [-0.1, -0.05) is 60.7 Å². The molecule has 1 atom stereocenters. The number of nitrogens with zero attached hydrogens (tertiary/aromatic N) is 1. The summed E-state index contributed by atoms with van der Waals surface area (Å²) in [6, 6.07) is 20.5. The normalized spacial score (nSPS) is 12.2. The molecule has 0 fully saturated rings. The Morgan fingerprint density at radius 3 is 2.62 bits per heavy atom. The van der Waals surface area contributed by atoms with Gasteiger partial charge in [0.15, 0.2) is 6.10 Å². The van der Waals surface area contributed by atoms with Crippen molar-refractivity contribution in [1.82, 2.24) is 5.43 Å². The lowest BCUT2D eigenvalue weighted by molar-refractivity contribution is -0.129. The Balaban J connectivity index is 1.81. The SMILES string of the molecule is CCOc1ccc2ccccc2c1C=NNC(=O)C(O)c1ccccc1. The van der Waals surface area contributed by atoms with Gasteiger partial charge in [-0.15, -0.1) is 0 Å². The Morgan fingerprint density at radius 2 is 1.85 bits per heavy atom. The predicted molar refractivity (Wildman–Crippen MR) is 102 cm³/mol. The zero-order valence-electron chi connectivity index (χ0n) is 14.4. The van der Waals surface area contributed by atoms with E-state index < -0.39 is 12.0 Å². The van der Waals surface area contributed by atoms with Crippen LogP contribution in [0.25, 0.3) is 10.8 Å². The van der Waals surface area contributed by atoms with Crippen LogP contribution in [-0.2, 0) is 4.79 Å². The number of hydrogen-bond acceptors (Lipinski definition) is 4. The summed E-state index contributed by atoms with van der Waals surface area (Å²) >= 11 is 0. The van der Waals surface area contributed by atoms with Crippen molar-refractivity contribution in [2.45, 2.75) is 13.0 Å². The molecule has 1 amide bonds. The molecular weight excluding hydrogens is 328 g/mol. The minimum atomic E-state index is -1.27. The van der Waals surface area contributed by atoms with Crippen molar-refractivity contribution in [2.75, 3.05) is 6.61 Å². The number of aliphatic hydroxyl groups is 1. The first-order valence-corrected chi connectivity index (χ1v) is 8.41. The summed E-state index contributed by atoms with van der Waals surface area (Å²) in [7, 11) is 0.